The average molecular weight is 392 g/mol. The fourth-order valence-corrected chi connectivity index (χ4v) is 3.62. The van der Waals surface area contributed by atoms with Crippen molar-refractivity contribution in [2.45, 2.75) is 18.9 Å². The van der Waals surface area contributed by atoms with E-state index in [9.17, 15) is 4.79 Å². The van der Waals surface area contributed by atoms with Gasteiger partial charge in [-0.3, -0.25) is 4.79 Å². The minimum atomic E-state index is -0.132. The van der Waals surface area contributed by atoms with E-state index in [4.69, 9.17) is 19.2 Å². The van der Waals surface area contributed by atoms with E-state index in [0.29, 0.717) is 29.3 Å². The zero-order valence-electron chi connectivity index (χ0n) is 16.6. The largest absolute Gasteiger partial charge is 0.497 e. The Hall–Kier alpha value is -3.12. The molecule has 6 nitrogen and oxygen atoms in total. The van der Waals surface area contributed by atoms with Crippen LogP contribution in [0.15, 0.2) is 48.5 Å². The van der Waals surface area contributed by atoms with Crippen molar-refractivity contribution in [3.05, 3.63) is 54.1 Å². The zero-order valence-corrected chi connectivity index (χ0v) is 16.6. The molecule has 1 saturated heterocycles. The van der Waals surface area contributed by atoms with Crippen LogP contribution in [0.4, 0.5) is 0 Å². The third kappa shape index (κ3) is 4.03. The van der Waals surface area contributed by atoms with Crippen LogP contribution < -0.4 is 14.8 Å². The molecule has 1 atom stereocenters. The third-order valence-corrected chi connectivity index (χ3v) is 5.16. The van der Waals surface area contributed by atoms with Gasteiger partial charge in [-0.1, -0.05) is 18.2 Å². The van der Waals surface area contributed by atoms with Gasteiger partial charge < -0.3 is 19.5 Å². The summed E-state index contributed by atoms with van der Waals surface area (Å²) in [7, 11) is 3.22. The lowest BCUT2D eigenvalue weighted by atomic mass is 10.0. The zero-order chi connectivity index (χ0) is 20.2. The number of pyridine rings is 1. The number of fused-ring (bicyclic) bond motifs is 1. The molecule has 6 heteroatoms. The van der Waals surface area contributed by atoms with Gasteiger partial charge in [0.1, 0.15) is 11.5 Å². The van der Waals surface area contributed by atoms with Crippen LogP contribution in [0, 0.1) is 0 Å². The lowest BCUT2D eigenvalue weighted by molar-refractivity contribution is 0.0859. The van der Waals surface area contributed by atoms with E-state index in [-0.39, 0.29) is 12.0 Å². The van der Waals surface area contributed by atoms with Crippen LogP contribution >= 0.6 is 0 Å². The van der Waals surface area contributed by atoms with Crippen molar-refractivity contribution >= 4 is 16.8 Å². The number of hydrogen-bond donors (Lipinski definition) is 1. The van der Waals surface area contributed by atoms with Crippen molar-refractivity contribution in [1.82, 2.24) is 10.3 Å². The number of para-hydroxylation sites is 1. The normalized spacial score (nSPS) is 16.0. The second-order valence-corrected chi connectivity index (χ2v) is 6.98. The number of amides is 1. The van der Waals surface area contributed by atoms with Crippen molar-refractivity contribution in [2.24, 2.45) is 0 Å². The Morgan fingerprint density at radius 3 is 2.79 bits per heavy atom. The third-order valence-electron chi connectivity index (χ3n) is 5.16. The van der Waals surface area contributed by atoms with E-state index in [0.717, 1.165) is 35.9 Å². The molecule has 1 aromatic heterocycles. The molecule has 2 heterocycles. The van der Waals surface area contributed by atoms with E-state index >= 15 is 0 Å². The van der Waals surface area contributed by atoms with Crippen LogP contribution in [0.2, 0.25) is 0 Å². The highest BCUT2D eigenvalue weighted by Gasteiger charge is 2.19. The van der Waals surface area contributed by atoms with Crippen molar-refractivity contribution in [3.63, 3.8) is 0 Å². The Bertz CT molecular complexity index is 1030. The van der Waals surface area contributed by atoms with Crippen LogP contribution in [0.5, 0.6) is 11.5 Å². The number of methoxy groups -OCH3 is 2. The van der Waals surface area contributed by atoms with Gasteiger partial charge in [0.15, 0.2) is 0 Å². The maximum atomic E-state index is 13.0. The molecule has 0 spiro atoms. The number of aromatic nitrogens is 1. The number of benzene rings is 2. The lowest BCUT2D eigenvalue weighted by Crippen LogP contribution is -2.31. The van der Waals surface area contributed by atoms with Gasteiger partial charge in [-0.25, -0.2) is 4.98 Å². The van der Waals surface area contributed by atoms with E-state index in [1.54, 1.807) is 14.2 Å². The Morgan fingerprint density at radius 2 is 2.03 bits per heavy atom. The van der Waals surface area contributed by atoms with E-state index in [1.807, 2.05) is 48.5 Å². The fourth-order valence-electron chi connectivity index (χ4n) is 3.62. The summed E-state index contributed by atoms with van der Waals surface area (Å²) < 4.78 is 16.4. The number of carbonyl (C=O) groups excluding carboxylic acids is 1. The molecule has 0 radical (unpaired) electrons. The summed E-state index contributed by atoms with van der Waals surface area (Å²) in [4.78, 5) is 17.8. The van der Waals surface area contributed by atoms with Crippen molar-refractivity contribution < 1.29 is 19.0 Å². The minimum Gasteiger partial charge on any atom is -0.497 e. The van der Waals surface area contributed by atoms with Crippen molar-refractivity contribution in [1.29, 1.82) is 0 Å². The SMILES string of the molecule is COc1ccc(-c2cc(C(=O)NC[C@H]3CCCO3)c3ccccc3n2)c(OC)c1. The van der Waals surface area contributed by atoms with Gasteiger partial charge in [-0.15, -0.1) is 0 Å². The Balaban J connectivity index is 1.73. The molecule has 29 heavy (non-hydrogen) atoms. The first-order chi connectivity index (χ1) is 14.2. The summed E-state index contributed by atoms with van der Waals surface area (Å²) in [5.41, 5.74) is 2.81. The summed E-state index contributed by atoms with van der Waals surface area (Å²) in [5.74, 6) is 1.20. The number of carbonyl (C=O) groups is 1. The van der Waals surface area contributed by atoms with Crippen LogP contribution in [-0.2, 0) is 4.74 Å². The second kappa shape index (κ2) is 8.49. The molecule has 150 valence electrons. The first-order valence-electron chi connectivity index (χ1n) is 9.71. The van der Waals surface area contributed by atoms with Crippen LogP contribution in [0.1, 0.15) is 23.2 Å². The number of nitrogens with one attached hydrogen (secondary N) is 1. The highest BCUT2D eigenvalue weighted by atomic mass is 16.5. The molecule has 1 N–H and O–H groups in total. The van der Waals surface area contributed by atoms with Gasteiger partial charge in [0.05, 0.1) is 37.1 Å². The quantitative estimate of drug-likeness (QED) is 0.690. The lowest BCUT2D eigenvalue weighted by Gasteiger charge is -2.14. The molecule has 0 aliphatic carbocycles. The van der Waals surface area contributed by atoms with Crippen molar-refractivity contribution in [3.8, 4) is 22.8 Å². The number of hydrogen-bond acceptors (Lipinski definition) is 5. The first-order valence-corrected chi connectivity index (χ1v) is 9.71. The molecule has 3 aromatic rings. The molecule has 1 aliphatic rings. The Morgan fingerprint density at radius 1 is 1.17 bits per heavy atom. The van der Waals surface area contributed by atoms with Gasteiger partial charge >= 0.3 is 0 Å². The maximum absolute atomic E-state index is 13.0. The van der Waals surface area contributed by atoms with E-state index < -0.39 is 0 Å². The summed E-state index contributed by atoms with van der Waals surface area (Å²) in [6, 6.07) is 15.0. The smallest absolute Gasteiger partial charge is 0.252 e. The molecule has 1 fully saturated rings. The topological polar surface area (TPSA) is 69.7 Å². The molecule has 0 saturated carbocycles. The van der Waals surface area contributed by atoms with Gasteiger partial charge in [0, 0.05) is 30.2 Å². The van der Waals surface area contributed by atoms with Gasteiger partial charge in [0.2, 0.25) is 0 Å². The van der Waals surface area contributed by atoms with Gasteiger partial charge in [-0.05, 0) is 37.1 Å². The summed E-state index contributed by atoms with van der Waals surface area (Å²) in [6.07, 6.45) is 2.11. The Labute approximate surface area is 169 Å². The van der Waals surface area contributed by atoms with Crippen LogP contribution in [0.25, 0.3) is 22.2 Å². The predicted molar refractivity (Wildman–Crippen MR) is 112 cm³/mol. The summed E-state index contributed by atoms with van der Waals surface area (Å²) in [6.45, 7) is 1.27. The number of ether oxygens (including phenoxy) is 3. The standard InChI is InChI=1S/C23H24N2O4/c1-27-15-9-10-18(22(12-15)28-2)21-13-19(17-7-3-4-8-20(17)25-21)23(26)24-14-16-6-5-11-29-16/h3-4,7-10,12-13,16H,5-6,11,14H2,1-2H3,(H,24,26)/t16-/m1/s1. The van der Waals surface area contributed by atoms with Crippen LogP contribution in [-0.4, -0.2) is 44.4 Å². The van der Waals surface area contributed by atoms with Crippen molar-refractivity contribution in [2.75, 3.05) is 27.4 Å². The monoisotopic (exact) mass is 392 g/mol. The highest BCUT2D eigenvalue weighted by molar-refractivity contribution is 6.07. The molecular formula is C23H24N2O4. The first kappa shape index (κ1) is 19.2. The molecular weight excluding hydrogens is 368 g/mol. The second-order valence-electron chi connectivity index (χ2n) is 6.98. The predicted octanol–water partition coefficient (Wildman–Crippen LogP) is 3.83. The van der Waals surface area contributed by atoms with Gasteiger partial charge in [-0.2, -0.15) is 0 Å². The molecule has 4 rings (SSSR count). The van der Waals surface area contributed by atoms with E-state index in [1.165, 1.54) is 0 Å². The Kier molecular flexibility index (Phi) is 5.62. The summed E-state index contributed by atoms with van der Waals surface area (Å²) >= 11 is 0. The molecule has 0 unspecified atom stereocenters. The number of nitrogens with zero attached hydrogens (tertiary/aromatic N) is 1. The average Bonchev–Trinajstić information content (AvgIpc) is 3.30. The molecule has 1 aliphatic heterocycles. The van der Waals surface area contributed by atoms with Crippen LogP contribution in [0.3, 0.4) is 0 Å². The highest BCUT2D eigenvalue weighted by Crippen LogP contribution is 2.34. The fraction of sp³-hybridized carbons (Fsp3) is 0.304. The van der Waals surface area contributed by atoms with E-state index in [2.05, 4.69) is 5.32 Å². The molecule has 2 aromatic carbocycles. The molecule has 0 bridgehead atoms. The van der Waals surface area contributed by atoms with Gasteiger partial charge in [0.25, 0.3) is 5.91 Å². The minimum absolute atomic E-state index is 0.0909. The maximum Gasteiger partial charge on any atom is 0.252 e. The molecule has 1 amide bonds. The summed E-state index contributed by atoms with van der Waals surface area (Å²) in [5, 5.41) is 3.83. The number of rotatable bonds is 6.